The molecule has 0 saturated heterocycles. The Hall–Kier alpha value is -3.54. The highest BCUT2D eigenvalue weighted by Crippen LogP contribution is 2.58. The van der Waals surface area contributed by atoms with E-state index in [2.05, 4.69) is 186 Å². The average molecular weight is 761 g/mol. The molecule has 0 amide bonds. The lowest BCUT2D eigenvalue weighted by molar-refractivity contribution is 0.588. The van der Waals surface area contributed by atoms with Crippen LogP contribution in [0.15, 0.2) is 92.4 Å². The van der Waals surface area contributed by atoms with Gasteiger partial charge in [-0.1, -0.05) is 152 Å². The van der Waals surface area contributed by atoms with Gasteiger partial charge in [0.05, 0.1) is 22.7 Å². The molecular formula is C50H57BN2S2. The first-order valence-corrected chi connectivity index (χ1v) is 21.8. The smallest absolute Gasteiger partial charge is 0.252 e. The summed E-state index contributed by atoms with van der Waals surface area (Å²) in [4.78, 5) is 10.8. The zero-order valence-electron chi connectivity index (χ0n) is 35.7. The molecule has 2 nitrogen and oxygen atoms in total. The third-order valence-corrected chi connectivity index (χ3v) is 14.5. The minimum absolute atomic E-state index is 0.00338. The van der Waals surface area contributed by atoms with Crippen molar-refractivity contribution < 1.29 is 0 Å². The molecule has 0 unspecified atom stereocenters. The van der Waals surface area contributed by atoms with Crippen molar-refractivity contribution in [2.75, 3.05) is 9.80 Å². The molecule has 4 heterocycles. The van der Waals surface area contributed by atoms with Crippen LogP contribution in [0, 0.1) is 0 Å². The minimum atomic E-state index is -0.0493. The van der Waals surface area contributed by atoms with Crippen LogP contribution in [-0.2, 0) is 27.1 Å². The largest absolute Gasteiger partial charge is 0.309 e. The summed E-state index contributed by atoms with van der Waals surface area (Å²) in [6, 6.07) is 29.8. The molecule has 0 bridgehead atoms. The van der Waals surface area contributed by atoms with Crippen LogP contribution in [0.1, 0.15) is 132 Å². The molecule has 0 atom stereocenters. The van der Waals surface area contributed by atoms with Gasteiger partial charge in [0, 0.05) is 31.0 Å². The van der Waals surface area contributed by atoms with Crippen molar-refractivity contribution in [1.29, 1.82) is 0 Å². The average Bonchev–Trinajstić information content (AvgIpc) is 3.07. The molecule has 0 N–H and O–H groups in total. The van der Waals surface area contributed by atoms with Gasteiger partial charge < -0.3 is 9.80 Å². The molecule has 55 heavy (non-hydrogen) atoms. The van der Waals surface area contributed by atoms with Crippen LogP contribution in [0.5, 0.6) is 0 Å². The SMILES string of the molecule is CC(C)(C)c1ccc2c(c1)Sc1cc(C(C)(C)C)cc3c1N2c1cc(C(C)(C)C)cc2c1B3c1cc(C(C)(C)C)cc3c1N2c1ccc(C(C)(C)C)cc1S3. The van der Waals surface area contributed by atoms with Crippen LogP contribution in [0.4, 0.5) is 34.1 Å². The van der Waals surface area contributed by atoms with Gasteiger partial charge in [-0.3, -0.25) is 0 Å². The topological polar surface area (TPSA) is 6.48 Å². The Morgan fingerprint density at radius 3 is 1.04 bits per heavy atom. The molecule has 9 rings (SSSR count). The predicted octanol–water partition coefficient (Wildman–Crippen LogP) is 13.2. The summed E-state index contributed by atoms with van der Waals surface area (Å²) >= 11 is 3.95. The van der Waals surface area contributed by atoms with Gasteiger partial charge in [-0.25, -0.2) is 0 Å². The normalized spacial score (nSPS) is 15.7. The summed E-state index contributed by atoms with van der Waals surface area (Å²) in [5.41, 5.74) is 19.3. The standard InChI is InChI=1S/C50H57BN2S2/c1-46(2,3)28-16-18-35-39(24-28)54-41-26-30(48(7,8)9)20-33-44(41)52(35)37-22-32(50(13,14)15)23-38-43(37)51(33)34-21-31(49(10,11)12)27-42-45(34)53(38)36-19-17-29(47(4,5)6)25-40(36)55-42/h16-27H,1-15H3. The fourth-order valence-electron chi connectivity index (χ4n) is 8.87. The highest BCUT2D eigenvalue weighted by Gasteiger charge is 2.49. The van der Waals surface area contributed by atoms with Gasteiger partial charge in [0.1, 0.15) is 0 Å². The van der Waals surface area contributed by atoms with E-state index in [-0.39, 0.29) is 33.8 Å². The van der Waals surface area contributed by atoms with E-state index in [1.165, 1.54) is 97.9 Å². The van der Waals surface area contributed by atoms with Crippen molar-refractivity contribution in [1.82, 2.24) is 0 Å². The van der Waals surface area contributed by atoms with Gasteiger partial charge in [0.2, 0.25) is 0 Å². The van der Waals surface area contributed by atoms with Crippen molar-refractivity contribution in [2.45, 2.75) is 151 Å². The molecule has 5 aromatic rings. The fraction of sp³-hybridized carbons (Fsp3) is 0.400. The molecule has 0 aromatic heterocycles. The molecule has 0 fully saturated rings. The first-order valence-electron chi connectivity index (χ1n) is 20.2. The Balaban J connectivity index is 1.44. The maximum absolute atomic E-state index is 2.67. The van der Waals surface area contributed by atoms with E-state index >= 15 is 0 Å². The van der Waals surface area contributed by atoms with Crippen LogP contribution in [0.3, 0.4) is 0 Å². The maximum atomic E-state index is 2.67. The maximum Gasteiger partial charge on any atom is 0.252 e. The summed E-state index contributed by atoms with van der Waals surface area (Å²) < 4.78 is 0. The molecule has 4 aliphatic heterocycles. The molecule has 0 saturated carbocycles. The van der Waals surface area contributed by atoms with E-state index in [1.807, 2.05) is 23.5 Å². The van der Waals surface area contributed by atoms with Gasteiger partial charge in [0.15, 0.2) is 0 Å². The first kappa shape index (κ1) is 37.1. The second-order valence-electron chi connectivity index (χ2n) is 21.7. The minimum Gasteiger partial charge on any atom is -0.309 e. The van der Waals surface area contributed by atoms with E-state index in [9.17, 15) is 0 Å². The fourth-order valence-corrected chi connectivity index (χ4v) is 11.2. The van der Waals surface area contributed by atoms with E-state index in [4.69, 9.17) is 0 Å². The van der Waals surface area contributed by atoms with Crippen molar-refractivity contribution in [3.05, 3.63) is 101 Å². The van der Waals surface area contributed by atoms with Gasteiger partial charge in [-0.15, -0.1) is 0 Å². The Morgan fingerprint density at radius 2 is 0.691 bits per heavy atom. The van der Waals surface area contributed by atoms with Gasteiger partial charge >= 0.3 is 0 Å². The van der Waals surface area contributed by atoms with E-state index < -0.39 is 0 Å². The molecule has 4 aliphatic rings. The second kappa shape index (κ2) is 11.5. The van der Waals surface area contributed by atoms with Gasteiger partial charge in [0.25, 0.3) is 6.71 Å². The molecular weight excluding hydrogens is 704 g/mol. The van der Waals surface area contributed by atoms with Crippen LogP contribution < -0.4 is 26.2 Å². The van der Waals surface area contributed by atoms with Crippen LogP contribution in [0.2, 0.25) is 0 Å². The number of hydrogen-bond donors (Lipinski definition) is 0. The number of benzene rings is 5. The molecule has 5 aromatic carbocycles. The molecule has 0 radical (unpaired) electrons. The molecule has 5 heteroatoms. The van der Waals surface area contributed by atoms with Crippen molar-refractivity contribution in [3.8, 4) is 0 Å². The van der Waals surface area contributed by atoms with Crippen molar-refractivity contribution >= 4 is 80.7 Å². The Bertz CT molecular complexity index is 2310. The van der Waals surface area contributed by atoms with Crippen LogP contribution in [0.25, 0.3) is 0 Å². The lowest BCUT2D eigenvalue weighted by atomic mass is 9.33. The summed E-state index contributed by atoms with van der Waals surface area (Å²) in [5, 5.41) is 0. The van der Waals surface area contributed by atoms with Crippen molar-refractivity contribution in [2.24, 2.45) is 0 Å². The Kier molecular flexibility index (Phi) is 7.77. The quantitative estimate of drug-likeness (QED) is 0.142. The molecule has 0 aliphatic carbocycles. The Morgan fingerprint density at radius 1 is 0.364 bits per heavy atom. The number of fused-ring (bicyclic) bond motifs is 8. The summed E-state index contributed by atoms with van der Waals surface area (Å²) in [6.07, 6.45) is 0. The Labute approximate surface area is 340 Å². The lowest BCUT2D eigenvalue weighted by Gasteiger charge is -2.49. The summed E-state index contributed by atoms with van der Waals surface area (Å²) in [5.74, 6) is 0. The second-order valence-corrected chi connectivity index (χ2v) is 23.8. The monoisotopic (exact) mass is 760 g/mol. The molecule has 0 spiro atoms. The zero-order chi connectivity index (χ0) is 39.5. The number of rotatable bonds is 0. The third-order valence-electron chi connectivity index (χ3n) is 12.4. The highest BCUT2D eigenvalue weighted by molar-refractivity contribution is 8.00. The first-order chi connectivity index (χ1) is 25.4. The summed E-state index contributed by atoms with van der Waals surface area (Å²) in [7, 11) is 0. The number of hydrogen-bond acceptors (Lipinski definition) is 4. The number of nitrogens with zero attached hydrogens (tertiary/aromatic N) is 2. The predicted molar refractivity (Wildman–Crippen MR) is 242 cm³/mol. The van der Waals surface area contributed by atoms with Crippen LogP contribution >= 0.6 is 23.5 Å². The van der Waals surface area contributed by atoms with Crippen molar-refractivity contribution in [3.63, 3.8) is 0 Å². The van der Waals surface area contributed by atoms with E-state index in [0.717, 1.165) is 0 Å². The van der Waals surface area contributed by atoms with Gasteiger partial charge in [-0.05, 0) is 120 Å². The van der Waals surface area contributed by atoms with E-state index in [0.29, 0.717) is 0 Å². The van der Waals surface area contributed by atoms with Crippen LogP contribution in [-0.4, -0.2) is 6.71 Å². The van der Waals surface area contributed by atoms with Gasteiger partial charge in [-0.2, -0.15) is 0 Å². The molecule has 282 valence electrons. The zero-order valence-corrected chi connectivity index (χ0v) is 37.3. The lowest BCUT2D eigenvalue weighted by Crippen LogP contribution is -2.62. The third kappa shape index (κ3) is 5.68. The number of anilines is 6. The summed E-state index contributed by atoms with van der Waals surface area (Å²) in [6.45, 7) is 35.5. The van der Waals surface area contributed by atoms with E-state index in [1.54, 1.807) is 0 Å². The highest BCUT2D eigenvalue weighted by atomic mass is 32.2.